The normalized spacial score (nSPS) is 12.0. The number of carbonyl (C=O) groups is 1. The molecule has 0 heterocycles. The summed E-state index contributed by atoms with van der Waals surface area (Å²) >= 11 is 6.14. The van der Waals surface area contributed by atoms with Crippen LogP contribution in [0.2, 0.25) is 5.02 Å². The summed E-state index contributed by atoms with van der Waals surface area (Å²) in [5.74, 6) is -0.849. The molecule has 4 aromatic rings. The molecule has 0 bridgehead atoms. The van der Waals surface area contributed by atoms with E-state index in [0.29, 0.717) is 16.7 Å². The number of nitrogens with one attached hydrogen (secondary N) is 1. The van der Waals surface area contributed by atoms with Crippen LogP contribution >= 0.6 is 11.6 Å². The second kappa shape index (κ2) is 11.1. The van der Waals surface area contributed by atoms with Crippen molar-refractivity contribution in [1.29, 1.82) is 0 Å². The summed E-state index contributed by atoms with van der Waals surface area (Å²) in [6.07, 6.45) is 1.65. The van der Waals surface area contributed by atoms with Crippen molar-refractivity contribution in [3.63, 3.8) is 0 Å². The van der Waals surface area contributed by atoms with Crippen molar-refractivity contribution in [3.05, 3.63) is 119 Å². The third-order valence-corrected chi connectivity index (χ3v) is 7.97. The Morgan fingerprint density at radius 3 is 2.11 bits per heavy atom. The Bertz CT molecular complexity index is 1550. The van der Waals surface area contributed by atoms with Gasteiger partial charge in [0.2, 0.25) is 10.0 Å². The molecular weight excluding hydrogens is 511 g/mol. The lowest BCUT2D eigenvalue weighted by atomic mass is 9.98. The predicted octanol–water partition coefficient (Wildman–Crippen LogP) is 6.58. The molecule has 188 valence electrons. The SMILES string of the molecule is CN(C)S(=O)(=O)c1cc(NC(=O)C(=Cc2ccc(F)cc2)c2ccc(-c3ccccc3)cc2)ccc1Cl. The summed E-state index contributed by atoms with van der Waals surface area (Å²) in [6, 6.07) is 27.4. The number of hydrogen-bond acceptors (Lipinski definition) is 3. The number of benzene rings is 4. The minimum Gasteiger partial charge on any atom is -0.322 e. The van der Waals surface area contributed by atoms with Gasteiger partial charge in [0.05, 0.1) is 5.02 Å². The van der Waals surface area contributed by atoms with E-state index in [-0.39, 0.29) is 21.4 Å². The van der Waals surface area contributed by atoms with Crippen LogP contribution < -0.4 is 5.32 Å². The van der Waals surface area contributed by atoms with Crippen molar-refractivity contribution in [2.24, 2.45) is 0 Å². The Morgan fingerprint density at radius 1 is 0.865 bits per heavy atom. The fourth-order valence-electron chi connectivity index (χ4n) is 3.65. The van der Waals surface area contributed by atoms with E-state index in [4.69, 9.17) is 11.6 Å². The van der Waals surface area contributed by atoms with Crippen molar-refractivity contribution >= 4 is 44.9 Å². The highest BCUT2D eigenvalue weighted by molar-refractivity contribution is 7.89. The van der Waals surface area contributed by atoms with Gasteiger partial charge in [-0.05, 0) is 58.7 Å². The number of rotatable bonds is 7. The van der Waals surface area contributed by atoms with Gasteiger partial charge in [0.1, 0.15) is 10.7 Å². The second-order valence-electron chi connectivity index (χ2n) is 8.44. The molecule has 0 saturated heterocycles. The molecule has 0 spiro atoms. The molecule has 0 aliphatic carbocycles. The summed E-state index contributed by atoms with van der Waals surface area (Å²) in [7, 11) is -1.02. The molecule has 1 amide bonds. The Hall–Kier alpha value is -3.78. The quantitative estimate of drug-likeness (QED) is 0.215. The smallest absolute Gasteiger partial charge is 0.256 e. The highest BCUT2D eigenvalue weighted by atomic mass is 35.5. The van der Waals surface area contributed by atoms with Gasteiger partial charge >= 0.3 is 0 Å². The van der Waals surface area contributed by atoms with Gasteiger partial charge in [-0.1, -0.05) is 78.3 Å². The predicted molar refractivity (Wildman–Crippen MR) is 147 cm³/mol. The zero-order valence-electron chi connectivity index (χ0n) is 20.2. The first kappa shape index (κ1) is 26.3. The first-order chi connectivity index (χ1) is 17.6. The topological polar surface area (TPSA) is 66.5 Å². The van der Waals surface area contributed by atoms with Crippen LogP contribution in [-0.2, 0) is 14.8 Å². The van der Waals surface area contributed by atoms with Gasteiger partial charge in [-0.3, -0.25) is 4.79 Å². The number of hydrogen-bond donors (Lipinski definition) is 1. The van der Waals surface area contributed by atoms with Crippen LogP contribution in [0.5, 0.6) is 0 Å². The van der Waals surface area contributed by atoms with Crippen molar-refractivity contribution in [1.82, 2.24) is 4.31 Å². The number of nitrogens with zero attached hydrogens (tertiary/aromatic N) is 1. The second-order valence-corrected chi connectivity index (χ2v) is 11.0. The van der Waals surface area contributed by atoms with E-state index >= 15 is 0 Å². The largest absolute Gasteiger partial charge is 0.322 e. The third-order valence-electron chi connectivity index (χ3n) is 5.68. The molecule has 0 unspecified atom stereocenters. The zero-order chi connectivity index (χ0) is 26.6. The molecule has 0 saturated carbocycles. The fourth-order valence-corrected chi connectivity index (χ4v) is 5.05. The van der Waals surface area contributed by atoms with E-state index < -0.39 is 15.9 Å². The molecule has 0 aliphatic heterocycles. The van der Waals surface area contributed by atoms with Crippen molar-refractivity contribution in [2.75, 3.05) is 19.4 Å². The Balaban J connectivity index is 1.71. The fraction of sp³-hybridized carbons (Fsp3) is 0.0690. The van der Waals surface area contributed by atoms with E-state index in [1.165, 1.54) is 44.4 Å². The zero-order valence-corrected chi connectivity index (χ0v) is 21.7. The standard InChI is InChI=1S/C29H24ClFN2O3S/c1-33(2)37(35,36)28-19-25(16-17-27(28)30)32-29(34)26(18-20-8-14-24(31)15-9-20)23-12-10-22(11-13-23)21-6-4-3-5-7-21/h3-19H,1-2H3,(H,32,34). The molecule has 4 aromatic carbocycles. The lowest BCUT2D eigenvalue weighted by molar-refractivity contribution is -0.111. The van der Waals surface area contributed by atoms with Gasteiger partial charge in [-0.2, -0.15) is 0 Å². The highest BCUT2D eigenvalue weighted by Crippen LogP contribution is 2.29. The van der Waals surface area contributed by atoms with Crippen LogP contribution in [0.4, 0.5) is 10.1 Å². The van der Waals surface area contributed by atoms with Crippen molar-refractivity contribution in [2.45, 2.75) is 4.90 Å². The van der Waals surface area contributed by atoms with Gasteiger partial charge in [0.15, 0.2) is 0 Å². The number of carbonyl (C=O) groups excluding carboxylic acids is 1. The molecule has 4 rings (SSSR count). The minimum atomic E-state index is -3.82. The lowest BCUT2D eigenvalue weighted by Crippen LogP contribution is -2.23. The molecule has 0 aromatic heterocycles. The average Bonchev–Trinajstić information content (AvgIpc) is 2.90. The molecule has 0 fully saturated rings. The molecule has 8 heteroatoms. The summed E-state index contributed by atoms with van der Waals surface area (Å²) in [4.78, 5) is 13.4. The van der Waals surface area contributed by atoms with Crippen LogP contribution in [0.1, 0.15) is 11.1 Å². The third kappa shape index (κ3) is 6.14. The molecule has 5 nitrogen and oxygen atoms in total. The molecule has 0 radical (unpaired) electrons. The number of anilines is 1. The molecule has 0 atom stereocenters. The molecular formula is C29H24ClFN2O3S. The number of halogens is 2. The number of amides is 1. The molecule has 1 N–H and O–H groups in total. The Labute approximate surface area is 220 Å². The minimum absolute atomic E-state index is 0.0466. The summed E-state index contributed by atoms with van der Waals surface area (Å²) in [5, 5.41) is 2.82. The molecule has 0 aliphatic rings. The Morgan fingerprint density at radius 2 is 1.49 bits per heavy atom. The van der Waals surface area contributed by atoms with Crippen LogP contribution in [0.3, 0.4) is 0 Å². The monoisotopic (exact) mass is 534 g/mol. The van der Waals surface area contributed by atoms with E-state index in [9.17, 15) is 17.6 Å². The number of sulfonamides is 1. The van der Waals surface area contributed by atoms with Gasteiger partial charge in [-0.25, -0.2) is 17.1 Å². The van der Waals surface area contributed by atoms with E-state index in [2.05, 4.69) is 5.32 Å². The van der Waals surface area contributed by atoms with Crippen LogP contribution in [-0.4, -0.2) is 32.7 Å². The Kier molecular flexibility index (Phi) is 7.88. The highest BCUT2D eigenvalue weighted by Gasteiger charge is 2.22. The van der Waals surface area contributed by atoms with Gasteiger partial charge in [-0.15, -0.1) is 0 Å². The summed E-state index contributed by atoms with van der Waals surface area (Å²) in [5.41, 5.74) is 3.88. The van der Waals surface area contributed by atoms with Crippen LogP contribution in [0, 0.1) is 5.82 Å². The van der Waals surface area contributed by atoms with Crippen LogP contribution in [0.25, 0.3) is 22.8 Å². The maximum absolute atomic E-state index is 13.5. The first-order valence-corrected chi connectivity index (χ1v) is 13.1. The maximum Gasteiger partial charge on any atom is 0.256 e. The van der Waals surface area contributed by atoms with Crippen molar-refractivity contribution in [3.8, 4) is 11.1 Å². The van der Waals surface area contributed by atoms with E-state index in [0.717, 1.165) is 15.4 Å². The molecule has 37 heavy (non-hydrogen) atoms. The van der Waals surface area contributed by atoms with E-state index in [1.807, 2.05) is 54.6 Å². The van der Waals surface area contributed by atoms with Gasteiger partial charge < -0.3 is 5.32 Å². The maximum atomic E-state index is 13.5. The van der Waals surface area contributed by atoms with E-state index in [1.54, 1.807) is 18.2 Å². The average molecular weight is 535 g/mol. The van der Waals surface area contributed by atoms with Gasteiger partial charge in [0, 0.05) is 25.4 Å². The van der Waals surface area contributed by atoms with Crippen molar-refractivity contribution < 1.29 is 17.6 Å². The first-order valence-electron chi connectivity index (χ1n) is 11.3. The lowest BCUT2D eigenvalue weighted by Gasteiger charge is -2.15. The summed E-state index contributed by atoms with van der Waals surface area (Å²) < 4.78 is 39.8. The summed E-state index contributed by atoms with van der Waals surface area (Å²) in [6.45, 7) is 0. The van der Waals surface area contributed by atoms with Gasteiger partial charge in [0.25, 0.3) is 5.91 Å². The van der Waals surface area contributed by atoms with Crippen LogP contribution in [0.15, 0.2) is 102 Å².